The van der Waals surface area contributed by atoms with Gasteiger partial charge in [0, 0.05) is 12.2 Å². The summed E-state index contributed by atoms with van der Waals surface area (Å²) in [5.41, 5.74) is 0.789. The van der Waals surface area contributed by atoms with Gasteiger partial charge in [-0.3, -0.25) is 9.89 Å². The van der Waals surface area contributed by atoms with Crippen molar-refractivity contribution in [3.05, 3.63) is 47.8 Å². The highest BCUT2D eigenvalue weighted by Gasteiger charge is 2.17. The number of aromatic nitrogens is 3. The Labute approximate surface area is 153 Å². The van der Waals surface area contributed by atoms with E-state index in [-0.39, 0.29) is 18.1 Å². The Hall–Kier alpha value is -2.63. The zero-order valence-electron chi connectivity index (χ0n) is 13.3. The van der Waals surface area contributed by atoms with Crippen molar-refractivity contribution in [2.45, 2.75) is 11.6 Å². The maximum absolute atomic E-state index is 12.6. The second-order valence-electron chi connectivity index (χ2n) is 5.02. The normalized spacial score (nSPS) is 10.4. The van der Waals surface area contributed by atoms with Crippen molar-refractivity contribution >= 4 is 34.7 Å². The number of H-pyrrole nitrogens is 1. The number of carbonyl (C=O) groups is 1. The monoisotopic (exact) mass is 369 g/mol. The van der Waals surface area contributed by atoms with Gasteiger partial charge in [-0.25, -0.2) is 4.98 Å². The van der Waals surface area contributed by atoms with Crippen LogP contribution in [0, 0.1) is 11.3 Å². The molecular formula is C17H15N5OS2. The summed E-state index contributed by atoms with van der Waals surface area (Å²) in [6.07, 6.45) is 0.286. The first-order valence-corrected chi connectivity index (χ1v) is 9.46. The van der Waals surface area contributed by atoms with E-state index in [4.69, 9.17) is 5.26 Å². The summed E-state index contributed by atoms with van der Waals surface area (Å²) in [4.78, 5) is 19.6. The lowest BCUT2D eigenvalue weighted by atomic mass is 10.2. The summed E-state index contributed by atoms with van der Waals surface area (Å²) in [7, 11) is 0. The molecule has 0 aliphatic rings. The van der Waals surface area contributed by atoms with Gasteiger partial charge >= 0.3 is 0 Å². The zero-order chi connectivity index (χ0) is 17.5. The smallest absolute Gasteiger partial charge is 0.237 e. The van der Waals surface area contributed by atoms with Crippen molar-refractivity contribution in [1.29, 1.82) is 5.26 Å². The van der Waals surface area contributed by atoms with E-state index in [2.05, 4.69) is 21.3 Å². The van der Waals surface area contributed by atoms with Crippen molar-refractivity contribution in [2.24, 2.45) is 0 Å². The fourth-order valence-corrected chi connectivity index (χ4v) is 3.54. The molecule has 0 bridgehead atoms. The third kappa shape index (κ3) is 4.47. The number of anilines is 1. The number of thiophene rings is 1. The molecule has 2 aromatic heterocycles. The van der Waals surface area contributed by atoms with Gasteiger partial charge in [0.15, 0.2) is 5.82 Å². The molecule has 1 N–H and O–H groups in total. The van der Waals surface area contributed by atoms with Gasteiger partial charge in [0.05, 0.1) is 23.1 Å². The van der Waals surface area contributed by atoms with E-state index in [1.165, 1.54) is 11.8 Å². The summed E-state index contributed by atoms with van der Waals surface area (Å²) in [5, 5.41) is 18.4. The maximum Gasteiger partial charge on any atom is 0.237 e. The molecule has 0 atom stereocenters. The topological polar surface area (TPSA) is 85.7 Å². The number of nitriles is 1. The highest BCUT2D eigenvalue weighted by atomic mass is 32.2. The second-order valence-corrected chi connectivity index (χ2v) is 6.91. The molecule has 2 heterocycles. The molecule has 0 fully saturated rings. The Morgan fingerprint density at radius 3 is 2.84 bits per heavy atom. The molecule has 1 aromatic carbocycles. The Bertz CT molecular complexity index is 855. The lowest BCUT2D eigenvalue weighted by Crippen LogP contribution is -2.33. The average molecular weight is 369 g/mol. The number of hydrogen-bond donors (Lipinski definition) is 1. The lowest BCUT2D eigenvalue weighted by molar-refractivity contribution is -0.116. The first kappa shape index (κ1) is 17.2. The highest BCUT2D eigenvalue weighted by molar-refractivity contribution is 7.99. The van der Waals surface area contributed by atoms with Crippen molar-refractivity contribution in [3.63, 3.8) is 0 Å². The third-order valence-corrected chi connectivity index (χ3v) is 5.07. The molecule has 0 saturated heterocycles. The summed E-state index contributed by atoms with van der Waals surface area (Å²) in [6.45, 7) is 0.369. The van der Waals surface area contributed by atoms with Crippen molar-refractivity contribution in [3.8, 4) is 16.8 Å². The van der Waals surface area contributed by atoms with Crippen LogP contribution in [0.5, 0.6) is 0 Å². The average Bonchev–Trinajstić information content (AvgIpc) is 3.32. The van der Waals surface area contributed by atoms with Crippen LogP contribution in [-0.2, 0) is 4.79 Å². The van der Waals surface area contributed by atoms with Crippen LogP contribution < -0.4 is 4.90 Å². The van der Waals surface area contributed by atoms with Gasteiger partial charge in [-0.15, -0.1) is 16.4 Å². The fraction of sp³-hybridized carbons (Fsp3) is 0.176. The molecular weight excluding hydrogens is 354 g/mol. The number of thioether (sulfide) groups is 1. The SMILES string of the molecule is N#CCCN(C(=O)CSc1n[nH]c(-c2cccs2)n1)c1ccccc1. The Morgan fingerprint density at radius 2 is 2.12 bits per heavy atom. The number of para-hydroxylation sites is 1. The molecule has 1 amide bonds. The first-order chi connectivity index (χ1) is 12.3. The number of aromatic amines is 1. The number of nitrogens with one attached hydrogen (secondary N) is 1. The number of amides is 1. The van der Waals surface area contributed by atoms with Crippen LogP contribution in [0.4, 0.5) is 5.69 Å². The molecule has 25 heavy (non-hydrogen) atoms. The molecule has 0 saturated carbocycles. The quantitative estimate of drug-likeness (QED) is 0.644. The molecule has 3 rings (SSSR count). The summed E-state index contributed by atoms with van der Waals surface area (Å²) in [5.74, 6) is 0.838. The van der Waals surface area contributed by atoms with E-state index in [0.29, 0.717) is 17.5 Å². The molecule has 0 aliphatic carbocycles. The van der Waals surface area contributed by atoms with Crippen LogP contribution in [0.3, 0.4) is 0 Å². The second kappa shape index (κ2) is 8.46. The van der Waals surface area contributed by atoms with E-state index in [1.807, 2.05) is 47.8 Å². The number of nitrogens with zero attached hydrogens (tertiary/aromatic N) is 4. The van der Waals surface area contributed by atoms with E-state index < -0.39 is 0 Å². The van der Waals surface area contributed by atoms with Gasteiger partial charge in [-0.05, 0) is 23.6 Å². The predicted molar refractivity (Wildman–Crippen MR) is 99.4 cm³/mol. The van der Waals surface area contributed by atoms with Crippen LogP contribution in [-0.4, -0.2) is 33.4 Å². The number of hydrogen-bond acceptors (Lipinski definition) is 6. The van der Waals surface area contributed by atoms with Gasteiger partial charge in [-0.2, -0.15) is 5.26 Å². The molecule has 0 aliphatic heterocycles. The number of rotatable bonds is 7. The van der Waals surface area contributed by atoms with Gasteiger partial charge in [-0.1, -0.05) is 36.0 Å². The summed E-state index contributed by atoms with van der Waals surface area (Å²) in [6, 6.07) is 15.4. The molecule has 8 heteroatoms. The molecule has 3 aromatic rings. The van der Waals surface area contributed by atoms with Crippen LogP contribution in [0.15, 0.2) is 53.0 Å². The molecule has 126 valence electrons. The minimum absolute atomic E-state index is 0.0751. The van der Waals surface area contributed by atoms with Crippen LogP contribution in [0.2, 0.25) is 0 Å². The highest BCUT2D eigenvalue weighted by Crippen LogP contribution is 2.24. The van der Waals surface area contributed by atoms with Crippen molar-refractivity contribution < 1.29 is 4.79 Å². The van der Waals surface area contributed by atoms with Crippen molar-refractivity contribution in [1.82, 2.24) is 15.2 Å². The van der Waals surface area contributed by atoms with Crippen LogP contribution >= 0.6 is 23.1 Å². The van der Waals surface area contributed by atoms with Gasteiger partial charge in [0.25, 0.3) is 0 Å². The standard InChI is InChI=1S/C17H15N5OS2/c18-9-5-10-22(13-6-2-1-3-7-13)15(23)12-25-17-19-16(20-21-17)14-8-4-11-24-14/h1-4,6-8,11H,5,10,12H2,(H,19,20,21). The summed E-state index contributed by atoms with van der Waals surface area (Å²) >= 11 is 2.86. The van der Waals surface area contributed by atoms with E-state index in [9.17, 15) is 4.79 Å². The molecule has 0 unspecified atom stereocenters. The van der Waals surface area contributed by atoms with Crippen molar-refractivity contribution in [2.75, 3.05) is 17.2 Å². The van der Waals surface area contributed by atoms with Gasteiger partial charge < -0.3 is 4.90 Å². The largest absolute Gasteiger partial charge is 0.311 e. The Morgan fingerprint density at radius 1 is 1.28 bits per heavy atom. The van der Waals surface area contributed by atoms with Crippen LogP contribution in [0.25, 0.3) is 10.7 Å². The third-order valence-electron chi connectivity index (χ3n) is 3.36. The first-order valence-electron chi connectivity index (χ1n) is 7.59. The minimum atomic E-state index is -0.0751. The van der Waals surface area contributed by atoms with E-state index in [0.717, 1.165) is 10.6 Å². The predicted octanol–water partition coefficient (Wildman–Crippen LogP) is 3.57. The minimum Gasteiger partial charge on any atom is -0.311 e. The number of carbonyl (C=O) groups excluding carboxylic acids is 1. The van der Waals surface area contributed by atoms with Gasteiger partial charge in [0.1, 0.15) is 0 Å². The summed E-state index contributed by atoms with van der Waals surface area (Å²) < 4.78 is 0. The lowest BCUT2D eigenvalue weighted by Gasteiger charge is -2.21. The number of benzene rings is 1. The Kier molecular flexibility index (Phi) is 5.82. The maximum atomic E-state index is 12.6. The molecule has 6 nitrogen and oxygen atoms in total. The molecule has 0 spiro atoms. The zero-order valence-corrected chi connectivity index (χ0v) is 14.9. The van der Waals surface area contributed by atoms with Gasteiger partial charge in [0.2, 0.25) is 11.1 Å². The fourth-order valence-electron chi connectivity index (χ4n) is 2.21. The van der Waals surface area contributed by atoms with Crippen LogP contribution in [0.1, 0.15) is 6.42 Å². The Balaban J connectivity index is 1.64. The molecule has 0 radical (unpaired) electrons. The van der Waals surface area contributed by atoms with E-state index in [1.54, 1.807) is 16.2 Å². The van der Waals surface area contributed by atoms with E-state index >= 15 is 0 Å².